The van der Waals surface area contributed by atoms with Crippen LogP contribution in [0.3, 0.4) is 0 Å². The molecular formula is C28H33F3N6O2Si. The van der Waals surface area contributed by atoms with E-state index in [0.717, 1.165) is 47.6 Å². The molecule has 3 aromatic heterocycles. The lowest BCUT2D eigenvalue weighted by Gasteiger charge is -2.16. The third-order valence-corrected chi connectivity index (χ3v) is 8.45. The zero-order valence-electron chi connectivity index (χ0n) is 23.1. The van der Waals surface area contributed by atoms with E-state index in [0.29, 0.717) is 30.5 Å². The molecule has 1 aliphatic rings. The highest BCUT2D eigenvalue weighted by Gasteiger charge is 2.35. The normalized spacial score (nSPS) is 14.1. The Morgan fingerprint density at radius 1 is 1.05 bits per heavy atom. The maximum Gasteiger partial charge on any atom is 0.434 e. The summed E-state index contributed by atoms with van der Waals surface area (Å²) in [7, 11) is 0.273. The average molecular weight is 571 g/mol. The maximum absolute atomic E-state index is 13.5. The first kappa shape index (κ1) is 28.0. The second kappa shape index (κ2) is 11.2. The van der Waals surface area contributed by atoms with E-state index >= 15 is 0 Å². The van der Waals surface area contributed by atoms with E-state index in [4.69, 9.17) is 14.6 Å². The molecule has 5 rings (SSSR count). The van der Waals surface area contributed by atoms with E-state index in [1.807, 2.05) is 29.1 Å². The molecule has 0 bridgehead atoms. The number of rotatable bonds is 11. The summed E-state index contributed by atoms with van der Waals surface area (Å²) >= 11 is 0. The van der Waals surface area contributed by atoms with Crippen LogP contribution in [-0.4, -0.2) is 51.1 Å². The number of ether oxygens (including phenoxy) is 2. The molecule has 0 N–H and O–H groups in total. The number of benzene rings is 1. The molecule has 12 heteroatoms. The molecule has 4 aromatic rings. The van der Waals surface area contributed by atoms with E-state index in [1.165, 1.54) is 10.9 Å². The first-order valence-electron chi connectivity index (χ1n) is 13.3. The lowest BCUT2D eigenvalue weighted by molar-refractivity contribution is -0.141. The zero-order chi connectivity index (χ0) is 28.5. The number of aromatic nitrogens is 6. The Kier molecular flexibility index (Phi) is 7.82. The molecule has 40 heavy (non-hydrogen) atoms. The number of nitrogens with zero attached hydrogens (tertiary/aromatic N) is 6. The summed E-state index contributed by atoms with van der Waals surface area (Å²) in [5.74, 6) is 1.13. The van der Waals surface area contributed by atoms with Crippen LogP contribution in [-0.2, 0) is 24.2 Å². The molecular weight excluding hydrogens is 537 g/mol. The third-order valence-electron chi connectivity index (χ3n) is 6.75. The van der Waals surface area contributed by atoms with Crippen molar-refractivity contribution in [3.05, 3.63) is 66.0 Å². The number of alkyl halides is 3. The number of hydrogen-bond donors (Lipinski definition) is 0. The van der Waals surface area contributed by atoms with E-state index < -0.39 is 19.9 Å². The number of methoxy groups -OCH3 is 1. The number of hydrogen-bond acceptors (Lipinski definition) is 6. The first-order chi connectivity index (χ1) is 19.0. The minimum absolute atomic E-state index is 0.0101. The molecule has 0 saturated heterocycles. The quantitative estimate of drug-likeness (QED) is 0.152. The van der Waals surface area contributed by atoms with Crippen LogP contribution >= 0.6 is 0 Å². The second-order valence-corrected chi connectivity index (χ2v) is 16.9. The van der Waals surface area contributed by atoms with Gasteiger partial charge in [0.05, 0.1) is 30.6 Å². The van der Waals surface area contributed by atoms with Crippen molar-refractivity contribution in [1.29, 1.82) is 0 Å². The highest BCUT2D eigenvalue weighted by Crippen LogP contribution is 2.45. The van der Waals surface area contributed by atoms with E-state index in [1.54, 1.807) is 19.2 Å². The minimum atomic E-state index is -4.54. The Bertz CT molecular complexity index is 1460. The molecule has 1 aromatic carbocycles. The Hall–Kier alpha value is -3.51. The van der Waals surface area contributed by atoms with Crippen LogP contribution in [0.15, 0.2) is 49.1 Å². The van der Waals surface area contributed by atoms with Crippen molar-refractivity contribution in [2.75, 3.05) is 13.7 Å². The Morgan fingerprint density at radius 2 is 1.80 bits per heavy atom. The van der Waals surface area contributed by atoms with Crippen molar-refractivity contribution in [2.45, 2.75) is 63.9 Å². The van der Waals surface area contributed by atoms with Gasteiger partial charge in [-0.3, -0.25) is 4.68 Å². The number of imidazole rings is 1. The van der Waals surface area contributed by atoms with Gasteiger partial charge in [-0.25, -0.2) is 15.0 Å². The largest absolute Gasteiger partial charge is 0.480 e. The summed E-state index contributed by atoms with van der Waals surface area (Å²) in [6.45, 7) is 7.68. The summed E-state index contributed by atoms with van der Waals surface area (Å²) in [5, 5.41) is 4.74. The van der Waals surface area contributed by atoms with Gasteiger partial charge < -0.3 is 14.0 Å². The second-order valence-electron chi connectivity index (χ2n) is 11.3. The average Bonchev–Trinajstić information content (AvgIpc) is 3.49. The molecule has 1 saturated carbocycles. The highest BCUT2D eigenvalue weighted by molar-refractivity contribution is 6.76. The molecule has 0 amide bonds. The van der Waals surface area contributed by atoms with Crippen molar-refractivity contribution in [3.8, 4) is 28.5 Å². The van der Waals surface area contributed by atoms with Gasteiger partial charge in [0.2, 0.25) is 5.88 Å². The van der Waals surface area contributed by atoms with Crippen molar-refractivity contribution < 1.29 is 22.6 Å². The summed E-state index contributed by atoms with van der Waals surface area (Å²) in [6.07, 6.45) is 2.06. The fourth-order valence-corrected chi connectivity index (χ4v) is 5.15. The van der Waals surface area contributed by atoms with Crippen molar-refractivity contribution in [3.63, 3.8) is 0 Å². The Balaban J connectivity index is 1.33. The van der Waals surface area contributed by atoms with Crippen molar-refractivity contribution in [1.82, 2.24) is 29.3 Å². The van der Waals surface area contributed by atoms with Gasteiger partial charge in [-0.1, -0.05) is 43.9 Å². The van der Waals surface area contributed by atoms with Gasteiger partial charge in [0, 0.05) is 38.6 Å². The van der Waals surface area contributed by atoms with Crippen LogP contribution in [0.1, 0.15) is 35.7 Å². The van der Waals surface area contributed by atoms with Gasteiger partial charge in [-0.2, -0.15) is 18.3 Å². The van der Waals surface area contributed by atoms with E-state index in [9.17, 15) is 13.2 Å². The molecule has 8 nitrogen and oxygen atoms in total. The third kappa shape index (κ3) is 6.61. The highest BCUT2D eigenvalue weighted by atomic mass is 28.3. The molecule has 0 unspecified atom stereocenters. The summed E-state index contributed by atoms with van der Waals surface area (Å²) in [5.41, 5.74) is 3.11. The van der Waals surface area contributed by atoms with E-state index in [-0.39, 0.29) is 12.6 Å². The standard InChI is InChI=1S/C28H33F3N6O2Si/c1-38-27-24(25(20-9-10-20)32-17-33-27)22-11-12-37(35-22)15-19-5-7-21(8-6-19)26-34-23(28(29,30)31)16-36(26)18-39-13-14-40(2,3)4/h5-8,11-12,16-17,20H,9-10,13-15,18H2,1-4H3. The monoisotopic (exact) mass is 570 g/mol. The topological polar surface area (TPSA) is 79.9 Å². The molecule has 1 fully saturated rings. The molecule has 0 aliphatic heterocycles. The Morgan fingerprint density at radius 3 is 2.45 bits per heavy atom. The van der Waals surface area contributed by atoms with Gasteiger partial charge in [-0.05, 0) is 30.5 Å². The predicted octanol–water partition coefficient (Wildman–Crippen LogP) is 6.47. The molecule has 0 spiro atoms. The van der Waals surface area contributed by atoms with Crippen molar-refractivity contribution in [2.24, 2.45) is 0 Å². The van der Waals surface area contributed by atoms with Gasteiger partial charge in [0.15, 0.2) is 5.69 Å². The maximum atomic E-state index is 13.5. The van der Waals surface area contributed by atoms with Gasteiger partial charge in [0.25, 0.3) is 0 Å². The molecule has 0 radical (unpaired) electrons. The van der Waals surface area contributed by atoms with E-state index in [2.05, 4.69) is 34.6 Å². The van der Waals surface area contributed by atoms with Crippen LogP contribution in [0.5, 0.6) is 5.88 Å². The molecule has 212 valence electrons. The lowest BCUT2D eigenvalue weighted by Crippen LogP contribution is -2.22. The predicted molar refractivity (Wildman–Crippen MR) is 148 cm³/mol. The number of halogens is 3. The first-order valence-corrected chi connectivity index (χ1v) is 17.0. The van der Waals surface area contributed by atoms with Crippen LogP contribution in [0, 0.1) is 0 Å². The van der Waals surface area contributed by atoms with Crippen LogP contribution in [0.25, 0.3) is 22.6 Å². The van der Waals surface area contributed by atoms with Gasteiger partial charge >= 0.3 is 6.18 Å². The molecule has 1 aliphatic carbocycles. The van der Waals surface area contributed by atoms with Gasteiger partial charge in [-0.15, -0.1) is 0 Å². The summed E-state index contributed by atoms with van der Waals surface area (Å²) < 4.78 is 54.8. The minimum Gasteiger partial charge on any atom is -0.480 e. The van der Waals surface area contributed by atoms with Crippen molar-refractivity contribution >= 4 is 8.07 Å². The van der Waals surface area contributed by atoms with Crippen LogP contribution in [0.4, 0.5) is 13.2 Å². The zero-order valence-corrected chi connectivity index (χ0v) is 24.1. The SMILES string of the molecule is COc1ncnc(C2CC2)c1-c1ccn(Cc2ccc(-c3nc(C(F)(F)F)cn3COCC[Si](C)(C)C)cc2)n1. The summed E-state index contributed by atoms with van der Waals surface area (Å²) in [6, 6.07) is 10.1. The Labute approximate surface area is 232 Å². The lowest BCUT2D eigenvalue weighted by atomic mass is 10.1. The van der Waals surface area contributed by atoms with Crippen LogP contribution in [0.2, 0.25) is 25.7 Å². The molecule has 0 atom stereocenters. The molecule has 3 heterocycles. The fourth-order valence-electron chi connectivity index (χ4n) is 4.40. The fraction of sp³-hybridized carbons (Fsp3) is 0.429. The smallest absolute Gasteiger partial charge is 0.434 e. The van der Waals surface area contributed by atoms with Crippen LogP contribution < -0.4 is 4.74 Å². The summed E-state index contributed by atoms with van der Waals surface area (Å²) in [4.78, 5) is 12.7. The van der Waals surface area contributed by atoms with Gasteiger partial charge in [0.1, 0.15) is 18.9 Å².